The number of nitrogens with zero attached hydrogens (tertiary/aromatic N) is 3. The molecular weight excluding hydrogens is 374 g/mol. The van der Waals surface area contributed by atoms with Gasteiger partial charge in [0.15, 0.2) is 5.43 Å². The first kappa shape index (κ1) is 19.2. The molecule has 152 valence electrons. The van der Waals surface area contributed by atoms with Gasteiger partial charge in [0.1, 0.15) is 23.4 Å². The van der Waals surface area contributed by atoms with Crippen molar-refractivity contribution in [3.8, 4) is 17.1 Å². The summed E-state index contributed by atoms with van der Waals surface area (Å²) in [5.41, 5.74) is 1.05. The third-order valence-corrected chi connectivity index (χ3v) is 5.32. The molecule has 0 spiro atoms. The molecule has 2 aromatic heterocycles. The summed E-state index contributed by atoms with van der Waals surface area (Å²) in [5, 5.41) is 24.1. The van der Waals surface area contributed by atoms with Gasteiger partial charge in [0.25, 0.3) is 0 Å². The van der Waals surface area contributed by atoms with Crippen molar-refractivity contribution in [1.29, 1.82) is 0 Å². The van der Waals surface area contributed by atoms with Gasteiger partial charge in [0, 0.05) is 17.6 Å². The molecule has 3 aromatic rings. The van der Waals surface area contributed by atoms with E-state index in [0.717, 1.165) is 11.1 Å². The molecule has 1 aliphatic rings. The number of rotatable bonds is 4. The Balaban J connectivity index is 2.01. The second kappa shape index (κ2) is 6.73. The molecule has 0 bridgehead atoms. The molecule has 2 N–H and O–H groups in total. The van der Waals surface area contributed by atoms with Crippen molar-refractivity contribution < 1.29 is 19.7 Å². The van der Waals surface area contributed by atoms with Gasteiger partial charge in [-0.15, -0.1) is 0 Å². The Hall–Kier alpha value is -3.13. The topological polar surface area (TPSA) is 107 Å². The summed E-state index contributed by atoms with van der Waals surface area (Å²) in [6.45, 7) is 6.80. The van der Waals surface area contributed by atoms with Crippen LogP contribution in [0.2, 0.25) is 0 Å². The molecule has 0 saturated carbocycles. The van der Waals surface area contributed by atoms with Crippen LogP contribution in [-0.2, 0) is 6.54 Å². The molecule has 8 heteroatoms. The lowest BCUT2D eigenvalue weighted by molar-refractivity contribution is 0.0693. The van der Waals surface area contributed by atoms with Crippen LogP contribution in [0.5, 0.6) is 5.75 Å². The fraction of sp³-hybridized carbons (Fsp3) is 0.381. The molecule has 8 nitrogen and oxygen atoms in total. The van der Waals surface area contributed by atoms with Crippen molar-refractivity contribution in [1.82, 2.24) is 14.3 Å². The van der Waals surface area contributed by atoms with Crippen molar-refractivity contribution in [3.05, 3.63) is 46.2 Å². The van der Waals surface area contributed by atoms with Gasteiger partial charge >= 0.3 is 5.97 Å². The number of aromatic carboxylic acids is 1. The maximum absolute atomic E-state index is 12.5. The highest BCUT2D eigenvalue weighted by Gasteiger charge is 2.35. The third kappa shape index (κ3) is 3.09. The molecule has 1 atom stereocenters. The zero-order valence-electron chi connectivity index (χ0n) is 16.5. The number of aliphatic hydroxyl groups excluding tert-OH is 1. The van der Waals surface area contributed by atoms with Crippen LogP contribution in [0.25, 0.3) is 22.3 Å². The van der Waals surface area contributed by atoms with Crippen LogP contribution in [0.1, 0.15) is 37.2 Å². The number of aromatic nitrogens is 3. The summed E-state index contributed by atoms with van der Waals surface area (Å²) in [5.74, 6) is -0.677. The number of carboxylic acid groups (broad SMARTS) is 1. The second-order valence-electron chi connectivity index (χ2n) is 8.29. The van der Waals surface area contributed by atoms with Crippen molar-refractivity contribution >= 4 is 16.9 Å². The molecule has 0 amide bonds. The standard InChI is InChI=1S/C21H23N3O5/c1-21(2,3)17-11-24-19(14-9-15(26)13(20(27)28)10-23(14)17)12-5-4-6-16(18(12)22-24)29-8-7-25/h4-6,9-10,17,25H,7-8,11H2,1-3H3,(H,27,28). The van der Waals surface area contributed by atoms with Gasteiger partial charge in [-0.05, 0) is 11.5 Å². The Bertz CT molecular complexity index is 1170. The maximum Gasteiger partial charge on any atom is 0.341 e. The number of fused-ring (bicyclic) bond motifs is 5. The van der Waals surface area contributed by atoms with Crippen molar-refractivity contribution in [3.63, 3.8) is 0 Å². The van der Waals surface area contributed by atoms with E-state index in [0.29, 0.717) is 23.5 Å². The van der Waals surface area contributed by atoms with Gasteiger partial charge in [-0.3, -0.25) is 9.48 Å². The first-order chi connectivity index (χ1) is 13.7. The summed E-state index contributed by atoms with van der Waals surface area (Å²) < 4.78 is 9.38. The fourth-order valence-electron chi connectivity index (χ4n) is 3.90. The third-order valence-electron chi connectivity index (χ3n) is 5.32. The number of ether oxygens (including phenoxy) is 1. The molecule has 29 heavy (non-hydrogen) atoms. The van der Waals surface area contributed by atoms with Crippen LogP contribution < -0.4 is 10.2 Å². The summed E-state index contributed by atoms with van der Waals surface area (Å²) in [4.78, 5) is 24.0. The summed E-state index contributed by atoms with van der Waals surface area (Å²) in [6.07, 6.45) is 1.45. The number of aliphatic hydroxyl groups is 1. The van der Waals surface area contributed by atoms with E-state index in [1.54, 1.807) is 6.07 Å². The minimum Gasteiger partial charge on any atom is -0.489 e. The van der Waals surface area contributed by atoms with Crippen LogP contribution in [0.15, 0.2) is 35.3 Å². The minimum absolute atomic E-state index is 0.0974. The molecule has 1 unspecified atom stereocenters. The normalized spacial score (nSPS) is 15.8. The van der Waals surface area contributed by atoms with Gasteiger partial charge in [0.05, 0.1) is 30.6 Å². The van der Waals surface area contributed by atoms with Crippen LogP contribution in [-0.4, -0.2) is 43.7 Å². The molecule has 4 rings (SSSR count). The molecule has 1 aliphatic heterocycles. The highest BCUT2D eigenvalue weighted by atomic mass is 16.5. The SMILES string of the molecule is CC(C)(C)C1Cn2nc3c(OCCO)cccc3c2-c2cc(=O)c(C(=O)O)cn21. The van der Waals surface area contributed by atoms with Gasteiger partial charge in [-0.2, -0.15) is 5.10 Å². The van der Waals surface area contributed by atoms with Gasteiger partial charge in [-0.25, -0.2) is 4.79 Å². The first-order valence-electron chi connectivity index (χ1n) is 9.45. The van der Waals surface area contributed by atoms with E-state index in [2.05, 4.69) is 20.8 Å². The lowest BCUT2D eigenvalue weighted by Crippen LogP contribution is -2.35. The Kier molecular flexibility index (Phi) is 4.46. The molecular formula is C21H23N3O5. The largest absolute Gasteiger partial charge is 0.489 e. The van der Waals surface area contributed by atoms with E-state index in [-0.39, 0.29) is 30.2 Å². The number of pyridine rings is 1. The van der Waals surface area contributed by atoms with Crippen LogP contribution in [0, 0.1) is 5.41 Å². The van der Waals surface area contributed by atoms with Gasteiger partial charge < -0.3 is 19.5 Å². The summed E-state index contributed by atoms with van der Waals surface area (Å²) >= 11 is 0. The zero-order chi connectivity index (χ0) is 20.9. The Labute approximate surface area is 167 Å². The average molecular weight is 397 g/mol. The van der Waals surface area contributed by atoms with E-state index < -0.39 is 11.4 Å². The van der Waals surface area contributed by atoms with E-state index in [1.807, 2.05) is 21.4 Å². The number of carbonyl (C=O) groups is 1. The van der Waals surface area contributed by atoms with Crippen molar-refractivity contribution in [2.75, 3.05) is 13.2 Å². The minimum atomic E-state index is -1.23. The lowest BCUT2D eigenvalue weighted by atomic mass is 9.85. The quantitative estimate of drug-likeness (QED) is 0.701. The summed E-state index contributed by atoms with van der Waals surface area (Å²) in [7, 11) is 0. The fourth-order valence-corrected chi connectivity index (χ4v) is 3.90. The molecule has 0 fully saturated rings. The number of carboxylic acids is 1. The predicted molar refractivity (Wildman–Crippen MR) is 107 cm³/mol. The van der Waals surface area contributed by atoms with Crippen LogP contribution in [0.4, 0.5) is 0 Å². The van der Waals surface area contributed by atoms with E-state index in [9.17, 15) is 14.7 Å². The Morgan fingerprint density at radius 3 is 2.76 bits per heavy atom. The van der Waals surface area contributed by atoms with Crippen molar-refractivity contribution in [2.45, 2.75) is 33.4 Å². The summed E-state index contributed by atoms with van der Waals surface area (Å²) in [6, 6.07) is 6.81. The molecule has 1 aromatic carbocycles. The van der Waals surface area contributed by atoms with Gasteiger partial charge in [-0.1, -0.05) is 32.9 Å². The molecule has 0 aliphatic carbocycles. The maximum atomic E-state index is 12.5. The molecule has 0 radical (unpaired) electrons. The highest BCUT2D eigenvalue weighted by molar-refractivity contribution is 5.96. The average Bonchev–Trinajstić information content (AvgIpc) is 3.03. The van der Waals surface area contributed by atoms with Gasteiger partial charge in [0.2, 0.25) is 0 Å². The van der Waals surface area contributed by atoms with E-state index in [4.69, 9.17) is 14.9 Å². The van der Waals surface area contributed by atoms with Crippen LogP contribution in [0.3, 0.4) is 0 Å². The Morgan fingerprint density at radius 2 is 2.10 bits per heavy atom. The Morgan fingerprint density at radius 1 is 1.34 bits per heavy atom. The number of benzene rings is 1. The van der Waals surface area contributed by atoms with E-state index >= 15 is 0 Å². The second-order valence-corrected chi connectivity index (χ2v) is 8.29. The number of hydrogen-bond acceptors (Lipinski definition) is 5. The molecule has 3 heterocycles. The monoisotopic (exact) mass is 397 g/mol. The zero-order valence-corrected chi connectivity index (χ0v) is 16.5. The molecule has 0 saturated heterocycles. The smallest absolute Gasteiger partial charge is 0.341 e. The lowest BCUT2D eigenvalue weighted by Gasteiger charge is -2.38. The van der Waals surface area contributed by atoms with Crippen LogP contribution >= 0.6 is 0 Å². The van der Waals surface area contributed by atoms with Crippen molar-refractivity contribution in [2.24, 2.45) is 5.41 Å². The van der Waals surface area contributed by atoms with E-state index in [1.165, 1.54) is 12.3 Å². The first-order valence-corrected chi connectivity index (χ1v) is 9.45. The highest BCUT2D eigenvalue weighted by Crippen LogP contribution is 2.42. The predicted octanol–water partition coefficient (Wildman–Crippen LogP) is 2.54. The number of hydrogen-bond donors (Lipinski definition) is 2.